The van der Waals surface area contributed by atoms with Gasteiger partial charge in [0.25, 0.3) is 0 Å². The van der Waals surface area contributed by atoms with Crippen molar-refractivity contribution in [2.75, 3.05) is 5.75 Å². The van der Waals surface area contributed by atoms with Crippen LogP contribution >= 0.6 is 43.6 Å². The molecule has 0 unspecified atom stereocenters. The van der Waals surface area contributed by atoms with E-state index in [4.69, 9.17) is 0 Å². The number of thioether (sulfide) groups is 1. The molecule has 0 saturated carbocycles. The van der Waals surface area contributed by atoms with Crippen molar-refractivity contribution in [3.8, 4) is 0 Å². The number of hydrogen-bond donors (Lipinski definition) is 0. The lowest BCUT2D eigenvalue weighted by Crippen LogP contribution is -2.05. The van der Waals surface area contributed by atoms with E-state index in [2.05, 4.69) is 31.9 Å². The first-order valence-electron chi connectivity index (χ1n) is 5.88. The van der Waals surface area contributed by atoms with Gasteiger partial charge >= 0.3 is 0 Å². The largest absolute Gasteiger partial charge is 0.298 e. The Hall–Kier alpha value is -0.650. The molecule has 0 N–H and O–H groups in total. The smallest absolute Gasteiger partial charge is 0.147 e. The van der Waals surface area contributed by atoms with Gasteiger partial charge in [-0.05, 0) is 51.8 Å². The minimum Gasteiger partial charge on any atom is -0.298 e. The second-order valence-corrected chi connectivity index (χ2v) is 7.03. The fraction of sp³-hybridized carbons (Fsp3) is 0.133. The summed E-state index contributed by atoms with van der Waals surface area (Å²) in [6, 6.07) is 12.5. The van der Waals surface area contributed by atoms with Gasteiger partial charge < -0.3 is 0 Å². The summed E-state index contributed by atoms with van der Waals surface area (Å²) in [5.41, 5.74) is 0.818. The second-order valence-electron chi connectivity index (χ2n) is 4.21. The quantitative estimate of drug-likeness (QED) is 0.617. The normalized spacial score (nSPS) is 10.6. The molecular formula is C15H11Br2FOS. The van der Waals surface area contributed by atoms with E-state index >= 15 is 0 Å². The second kappa shape index (κ2) is 7.38. The lowest BCUT2D eigenvalue weighted by molar-refractivity contribution is -0.116. The molecule has 0 aliphatic rings. The lowest BCUT2D eigenvalue weighted by Gasteiger charge is -2.04. The molecule has 0 heterocycles. The van der Waals surface area contributed by atoms with Crippen LogP contribution in [0.25, 0.3) is 0 Å². The van der Waals surface area contributed by atoms with Gasteiger partial charge in [0.05, 0.1) is 10.2 Å². The van der Waals surface area contributed by atoms with Gasteiger partial charge in [-0.15, -0.1) is 11.8 Å². The van der Waals surface area contributed by atoms with Gasteiger partial charge in [-0.2, -0.15) is 0 Å². The van der Waals surface area contributed by atoms with Gasteiger partial charge in [-0.3, -0.25) is 4.79 Å². The molecule has 0 aliphatic heterocycles. The Morgan fingerprint density at radius 3 is 2.65 bits per heavy atom. The van der Waals surface area contributed by atoms with Crippen LogP contribution in [0.5, 0.6) is 0 Å². The zero-order chi connectivity index (χ0) is 14.5. The number of rotatable bonds is 5. The van der Waals surface area contributed by atoms with Crippen molar-refractivity contribution in [1.29, 1.82) is 0 Å². The van der Waals surface area contributed by atoms with Crippen LogP contribution in [0.2, 0.25) is 0 Å². The van der Waals surface area contributed by atoms with E-state index in [-0.39, 0.29) is 11.6 Å². The van der Waals surface area contributed by atoms with Gasteiger partial charge in [-0.25, -0.2) is 4.39 Å². The predicted molar refractivity (Wildman–Crippen MR) is 87.7 cm³/mol. The first kappa shape index (κ1) is 15.7. The van der Waals surface area contributed by atoms with E-state index in [1.165, 1.54) is 17.8 Å². The van der Waals surface area contributed by atoms with E-state index in [0.29, 0.717) is 16.6 Å². The van der Waals surface area contributed by atoms with Crippen molar-refractivity contribution in [3.05, 3.63) is 62.8 Å². The van der Waals surface area contributed by atoms with E-state index < -0.39 is 0 Å². The molecule has 0 atom stereocenters. The summed E-state index contributed by atoms with van der Waals surface area (Å²) in [5.74, 6) is 0.212. The van der Waals surface area contributed by atoms with Crippen molar-refractivity contribution in [3.63, 3.8) is 0 Å². The molecule has 5 heteroatoms. The fourth-order valence-electron chi connectivity index (χ4n) is 1.65. The van der Waals surface area contributed by atoms with Crippen LogP contribution in [-0.2, 0) is 11.2 Å². The highest BCUT2D eigenvalue weighted by atomic mass is 79.9. The van der Waals surface area contributed by atoms with Crippen molar-refractivity contribution in [2.24, 2.45) is 0 Å². The van der Waals surface area contributed by atoms with E-state index in [1.807, 2.05) is 24.3 Å². The van der Waals surface area contributed by atoms with E-state index in [1.54, 1.807) is 12.1 Å². The van der Waals surface area contributed by atoms with E-state index in [9.17, 15) is 9.18 Å². The third-order valence-corrected chi connectivity index (χ3v) is 4.74. The van der Waals surface area contributed by atoms with Gasteiger partial charge in [0.1, 0.15) is 11.6 Å². The van der Waals surface area contributed by atoms with Crippen LogP contribution < -0.4 is 0 Å². The Morgan fingerprint density at radius 2 is 1.95 bits per heavy atom. The predicted octanol–water partition coefficient (Wildman–Crippen LogP) is 5.25. The Balaban J connectivity index is 1.91. The van der Waals surface area contributed by atoms with Crippen molar-refractivity contribution in [2.45, 2.75) is 11.3 Å². The number of carbonyl (C=O) groups excluding carboxylic acids is 1. The number of hydrogen-bond acceptors (Lipinski definition) is 2. The highest BCUT2D eigenvalue weighted by molar-refractivity contribution is 9.10. The SMILES string of the molecule is O=C(CSc1cccc(Br)c1)Cc1ccc(F)c(Br)c1. The zero-order valence-corrected chi connectivity index (χ0v) is 14.4. The zero-order valence-electron chi connectivity index (χ0n) is 10.4. The molecule has 0 amide bonds. The average molecular weight is 418 g/mol. The lowest BCUT2D eigenvalue weighted by atomic mass is 10.1. The molecule has 0 radical (unpaired) electrons. The number of halogens is 3. The third-order valence-electron chi connectivity index (χ3n) is 2.58. The minimum absolute atomic E-state index is 0.119. The number of Topliss-reactive ketones (excluding diaryl/α,β-unsaturated/α-hetero) is 1. The first-order valence-corrected chi connectivity index (χ1v) is 8.46. The number of benzene rings is 2. The summed E-state index contributed by atoms with van der Waals surface area (Å²) in [6.45, 7) is 0. The molecule has 0 bridgehead atoms. The van der Waals surface area contributed by atoms with Gasteiger partial charge in [0.2, 0.25) is 0 Å². The molecule has 0 aliphatic carbocycles. The third kappa shape index (κ3) is 4.72. The molecule has 104 valence electrons. The van der Waals surface area contributed by atoms with Crippen molar-refractivity contribution < 1.29 is 9.18 Å². The maximum absolute atomic E-state index is 13.1. The summed E-state index contributed by atoms with van der Waals surface area (Å²) in [7, 11) is 0. The summed E-state index contributed by atoms with van der Waals surface area (Å²) < 4.78 is 14.5. The van der Waals surface area contributed by atoms with Gasteiger partial charge in [-0.1, -0.05) is 28.1 Å². The maximum atomic E-state index is 13.1. The summed E-state index contributed by atoms with van der Waals surface area (Å²) in [4.78, 5) is 13.0. The Bertz CT molecular complexity index is 631. The number of ketones is 1. The van der Waals surface area contributed by atoms with E-state index in [0.717, 1.165) is 14.9 Å². The highest BCUT2D eigenvalue weighted by Gasteiger charge is 2.07. The van der Waals surface area contributed by atoms with Gasteiger partial charge in [0.15, 0.2) is 0 Å². The fourth-order valence-corrected chi connectivity index (χ4v) is 3.44. The van der Waals surface area contributed by atoms with Crippen LogP contribution in [0.4, 0.5) is 4.39 Å². The minimum atomic E-state index is -0.315. The molecule has 0 aromatic heterocycles. The Labute approximate surface area is 138 Å². The molecule has 2 aromatic carbocycles. The standard InChI is InChI=1S/C15H11Br2FOS/c16-11-2-1-3-13(8-11)20-9-12(19)6-10-4-5-15(18)14(17)7-10/h1-5,7-8H,6,9H2. The monoisotopic (exact) mass is 416 g/mol. The number of carbonyl (C=O) groups is 1. The molecule has 1 nitrogen and oxygen atoms in total. The molecule has 20 heavy (non-hydrogen) atoms. The van der Waals surface area contributed by atoms with Crippen molar-refractivity contribution in [1.82, 2.24) is 0 Å². The van der Waals surface area contributed by atoms with Gasteiger partial charge in [0, 0.05) is 15.8 Å². The molecular weight excluding hydrogens is 407 g/mol. The summed E-state index contributed by atoms with van der Waals surface area (Å²) in [5, 5.41) is 0. The van der Waals surface area contributed by atoms with Crippen LogP contribution in [0.15, 0.2) is 56.3 Å². The Morgan fingerprint density at radius 1 is 1.15 bits per heavy atom. The van der Waals surface area contributed by atoms with Crippen LogP contribution in [0.1, 0.15) is 5.56 Å². The highest BCUT2D eigenvalue weighted by Crippen LogP contribution is 2.23. The topological polar surface area (TPSA) is 17.1 Å². The molecule has 0 saturated heterocycles. The van der Waals surface area contributed by atoms with Crippen LogP contribution in [0, 0.1) is 5.82 Å². The molecule has 0 fully saturated rings. The average Bonchev–Trinajstić information content (AvgIpc) is 2.41. The molecule has 0 spiro atoms. The van der Waals surface area contributed by atoms with Crippen LogP contribution in [0.3, 0.4) is 0 Å². The summed E-state index contributed by atoms with van der Waals surface area (Å²) in [6.07, 6.45) is 0.319. The summed E-state index contributed by atoms with van der Waals surface area (Å²) >= 11 is 8.03. The molecule has 2 aromatic rings. The van der Waals surface area contributed by atoms with Crippen molar-refractivity contribution >= 4 is 49.4 Å². The Kier molecular flexibility index (Phi) is 5.81. The maximum Gasteiger partial charge on any atom is 0.147 e. The molecule has 2 rings (SSSR count). The van der Waals surface area contributed by atoms with Crippen LogP contribution in [-0.4, -0.2) is 11.5 Å². The first-order chi connectivity index (χ1) is 9.54.